The first kappa shape index (κ1) is 21.4. The van der Waals surface area contributed by atoms with Gasteiger partial charge in [0.1, 0.15) is 0 Å². The second kappa shape index (κ2) is 9.10. The molecule has 160 valence electrons. The molecule has 2 aliphatic rings. The summed E-state index contributed by atoms with van der Waals surface area (Å²) in [6.45, 7) is 4.27. The number of hydrogen-bond donors (Lipinski definition) is 1. The van der Waals surface area contributed by atoms with Crippen molar-refractivity contribution in [3.05, 3.63) is 66.2 Å². The molecule has 1 fully saturated rings. The average Bonchev–Trinajstić information content (AvgIpc) is 3.03. The molecule has 6 heteroatoms. The van der Waals surface area contributed by atoms with Crippen LogP contribution >= 0.6 is 11.8 Å². The molecule has 1 aliphatic heterocycles. The Bertz CT molecular complexity index is 986. The van der Waals surface area contributed by atoms with E-state index in [0.717, 1.165) is 10.6 Å². The van der Waals surface area contributed by atoms with Crippen molar-refractivity contribution < 1.29 is 14.4 Å². The summed E-state index contributed by atoms with van der Waals surface area (Å²) in [6.07, 6.45) is 5.24. The van der Waals surface area contributed by atoms with Crippen molar-refractivity contribution in [2.24, 2.45) is 11.8 Å². The van der Waals surface area contributed by atoms with Gasteiger partial charge in [0.2, 0.25) is 17.7 Å². The summed E-state index contributed by atoms with van der Waals surface area (Å²) < 4.78 is 0. The highest BCUT2D eigenvalue weighted by atomic mass is 32.2. The smallest absolute Gasteiger partial charge is 0.238 e. The number of rotatable bonds is 6. The van der Waals surface area contributed by atoms with E-state index in [4.69, 9.17) is 0 Å². The largest absolute Gasteiger partial charge is 0.325 e. The standard InChI is InChI=1S/C25H26N2O3S/c1-16(2)17-7-9-18(10-8-17)26-23(28)15-31-20-13-11-19(12-14-20)27-24(29)21-5-3-4-6-22(21)25(27)30/h3-4,7-14,16,21-22H,5-6,15H2,1-2H3,(H,26,28)/t21-,22-/m0/s1. The lowest BCUT2D eigenvalue weighted by atomic mass is 9.85. The van der Waals surface area contributed by atoms with E-state index >= 15 is 0 Å². The topological polar surface area (TPSA) is 66.5 Å². The van der Waals surface area contributed by atoms with Crippen LogP contribution in [0.4, 0.5) is 11.4 Å². The summed E-state index contributed by atoms with van der Waals surface area (Å²) in [5.74, 6) is -0.0224. The summed E-state index contributed by atoms with van der Waals surface area (Å²) in [6, 6.07) is 15.2. The van der Waals surface area contributed by atoms with Crippen LogP contribution in [-0.4, -0.2) is 23.5 Å². The Morgan fingerprint density at radius 3 is 2.10 bits per heavy atom. The number of anilines is 2. The molecular weight excluding hydrogens is 408 g/mol. The second-order valence-electron chi connectivity index (χ2n) is 8.28. The lowest BCUT2D eigenvalue weighted by Crippen LogP contribution is -2.30. The highest BCUT2D eigenvalue weighted by Crippen LogP contribution is 2.38. The van der Waals surface area contributed by atoms with E-state index in [1.165, 1.54) is 22.2 Å². The zero-order chi connectivity index (χ0) is 22.0. The SMILES string of the molecule is CC(C)c1ccc(NC(=O)CSc2ccc(N3C(=O)[C@H]4CC=CC[C@@H]4C3=O)cc2)cc1. The zero-order valence-electron chi connectivity index (χ0n) is 17.7. The van der Waals surface area contributed by atoms with Crippen molar-refractivity contribution in [2.75, 3.05) is 16.0 Å². The molecule has 2 aromatic rings. The highest BCUT2D eigenvalue weighted by Gasteiger charge is 2.47. The molecule has 5 nitrogen and oxygen atoms in total. The number of allylic oxidation sites excluding steroid dienone is 2. The molecule has 31 heavy (non-hydrogen) atoms. The van der Waals surface area contributed by atoms with Crippen molar-refractivity contribution in [1.29, 1.82) is 0 Å². The van der Waals surface area contributed by atoms with Gasteiger partial charge in [-0.25, -0.2) is 0 Å². The number of fused-ring (bicyclic) bond motifs is 1. The third-order valence-electron chi connectivity index (χ3n) is 5.83. The lowest BCUT2D eigenvalue weighted by molar-refractivity contribution is -0.122. The molecule has 0 saturated carbocycles. The minimum atomic E-state index is -0.232. The first-order valence-electron chi connectivity index (χ1n) is 10.6. The molecule has 0 aromatic heterocycles. The normalized spacial score (nSPS) is 20.3. The molecule has 0 bridgehead atoms. The summed E-state index contributed by atoms with van der Waals surface area (Å²) in [7, 11) is 0. The van der Waals surface area contributed by atoms with Crippen molar-refractivity contribution >= 4 is 40.9 Å². The van der Waals surface area contributed by atoms with Crippen molar-refractivity contribution in [1.82, 2.24) is 0 Å². The van der Waals surface area contributed by atoms with Gasteiger partial charge in [-0.05, 0) is 60.7 Å². The molecule has 1 heterocycles. The van der Waals surface area contributed by atoms with E-state index in [-0.39, 0.29) is 35.3 Å². The molecule has 2 aromatic carbocycles. The Morgan fingerprint density at radius 2 is 1.55 bits per heavy atom. The number of amides is 3. The summed E-state index contributed by atoms with van der Waals surface area (Å²) in [5.41, 5.74) is 2.62. The number of benzene rings is 2. The predicted octanol–water partition coefficient (Wildman–Crippen LogP) is 5.00. The van der Waals surface area contributed by atoms with Gasteiger partial charge in [-0.2, -0.15) is 0 Å². The Kier molecular flexibility index (Phi) is 6.28. The molecule has 0 radical (unpaired) electrons. The molecule has 0 spiro atoms. The highest BCUT2D eigenvalue weighted by molar-refractivity contribution is 8.00. The number of thioether (sulfide) groups is 1. The predicted molar refractivity (Wildman–Crippen MR) is 124 cm³/mol. The van der Waals surface area contributed by atoms with Crippen LogP contribution in [0.2, 0.25) is 0 Å². The molecule has 3 amide bonds. The van der Waals surface area contributed by atoms with Crippen LogP contribution in [-0.2, 0) is 14.4 Å². The number of hydrogen-bond acceptors (Lipinski definition) is 4. The van der Waals surface area contributed by atoms with Gasteiger partial charge in [0.05, 0.1) is 23.3 Å². The van der Waals surface area contributed by atoms with Crippen LogP contribution in [0.25, 0.3) is 0 Å². The fourth-order valence-corrected chi connectivity index (χ4v) is 4.74. The first-order valence-corrected chi connectivity index (χ1v) is 11.6. The van der Waals surface area contributed by atoms with Gasteiger partial charge in [0.25, 0.3) is 0 Å². The minimum Gasteiger partial charge on any atom is -0.325 e. The summed E-state index contributed by atoms with van der Waals surface area (Å²) >= 11 is 1.42. The minimum absolute atomic E-state index is 0.0761. The number of carbonyl (C=O) groups excluding carboxylic acids is 3. The van der Waals surface area contributed by atoms with Crippen LogP contribution in [0.1, 0.15) is 38.2 Å². The van der Waals surface area contributed by atoms with Crippen LogP contribution in [0.15, 0.2) is 65.6 Å². The van der Waals surface area contributed by atoms with E-state index in [9.17, 15) is 14.4 Å². The van der Waals surface area contributed by atoms with Gasteiger partial charge < -0.3 is 5.32 Å². The molecular formula is C25H26N2O3S. The maximum absolute atomic E-state index is 12.7. The Labute approximate surface area is 186 Å². The van der Waals surface area contributed by atoms with Crippen molar-refractivity contribution in [2.45, 2.75) is 37.5 Å². The fourth-order valence-electron chi connectivity index (χ4n) is 4.04. The summed E-state index contributed by atoms with van der Waals surface area (Å²) in [5, 5.41) is 2.91. The van der Waals surface area contributed by atoms with E-state index in [2.05, 4.69) is 19.2 Å². The second-order valence-corrected chi connectivity index (χ2v) is 9.32. The molecule has 1 saturated heterocycles. The maximum Gasteiger partial charge on any atom is 0.238 e. The molecule has 1 N–H and O–H groups in total. The Hall–Kier alpha value is -2.86. The number of imide groups is 1. The van der Waals surface area contributed by atoms with Gasteiger partial charge in [0, 0.05) is 10.6 Å². The van der Waals surface area contributed by atoms with Gasteiger partial charge in [-0.1, -0.05) is 38.1 Å². The monoisotopic (exact) mass is 434 g/mol. The quantitative estimate of drug-likeness (QED) is 0.395. The fraction of sp³-hybridized carbons (Fsp3) is 0.320. The Balaban J connectivity index is 1.33. The van der Waals surface area contributed by atoms with Crippen LogP contribution < -0.4 is 10.2 Å². The molecule has 1 aliphatic carbocycles. The number of nitrogens with zero attached hydrogens (tertiary/aromatic N) is 1. The third-order valence-corrected chi connectivity index (χ3v) is 6.85. The van der Waals surface area contributed by atoms with Crippen LogP contribution in [0, 0.1) is 11.8 Å². The first-order chi connectivity index (χ1) is 14.9. The van der Waals surface area contributed by atoms with E-state index in [1.54, 1.807) is 12.1 Å². The van der Waals surface area contributed by atoms with Crippen LogP contribution in [0.3, 0.4) is 0 Å². The lowest BCUT2D eigenvalue weighted by Gasteiger charge is -2.15. The van der Waals surface area contributed by atoms with E-state index in [1.807, 2.05) is 48.6 Å². The van der Waals surface area contributed by atoms with Gasteiger partial charge in [-0.3, -0.25) is 19.3 Å². The number of carbonyl (C=O) groups is 3. The average molecular weight is 435 g/mol. The Morgan fingerprint density at radius 1 is 0.968 bits per heavy atom. The molecule has 4 rings (SSSR count). The van der Waals surface area contributed by atoms with E-state index in [0.29, 0.717) is 24.4 Å². The van der Waals surface area contributed by atoms with Gasteiger partial charge in [0.15, 0.2) is 0 Å². The van der Waals surface area contributed by atoms with Crippen molar-refractivity contribution in [3.63, 3.8) is 0 Å². The molecule has 2 atom stereocenters. The number of nitrogens with one attached hydrogen (secondary N) is 1. The van der Waals surface area contributed by atoms with Crippen molar-refractivity contribution in [3.8, 4) is 0 Å². The van der Waals surface area contributed by atoms with Gasteiger partial charge >= 0.3 is 0 Å². The van der Waals surface area contributed by atoms with E-state index < -0.39 is 0 Å². The summed E-state index contributed by atoms with van der Waals surface area (Å²) in [4.78, 5) is 39.9. The molecule has 0 unspecified atom stereocenters. The maximum atomic E-state index is 12.7. The third kappa shape index (κ3) is 4.59. The van der Waals surface area contributed by atoms with Gasteiger partial charge in [-0.15, -0.1) is 11.8 Å². The van der Waals surface area contributed by atoms with Crippen LogP contribution in [0.5, 0.6) is 0 Å². The zero-order valence-corrected chi connectivity index (χ0v) is 18.5.